The van der Waals surface area contributed by atoms with Gasteiger partial charge in [-0.2, -0.15) is 10.1 Å². The highest BCUT2D eigenvalue weighted by atomic mass is 16.5. The molecule has 5 N–H and O–H groups in total. The third kappa shape index (κ3) is 21.3. The molecule has 0 aliphatic carbocycles. The number of benzene rings is 1. The number of nitrogen functional groups attached to an aromatic ring is 1. The summed E-state index contributed by atoms with van der Waals surface area (Å²) in [5.74, 6) is 1.91. The van der Waals surface area contributed by atoms with Crippen LogP contribution in [-0.4, -0.2) is 59.4 Å². The smallest absolute Gasteiger partial charge is 0.222 e. The molecule has 0 radical (unpaired) electrons. The molecule has 0 saturated carbocycles. The summed E-state index contributed by atoms with van der Waals surface area (Å²) in [4.78, 5) is 31.0. The number of carbonyl (C=O) groups excluding carboxylic acids is 2. The molecule has 56 heavy (non-hydrogen) atoms. The standard InChI is InChI=1S/C24H34N8O4.C18H38.C2H6/c1-4-5-9-27-23-22-18(29-24(25)30-23)14-32(31-22)13-17-19(35-2)10-16(11-20(17)36-3)12-28-21(34)7-6-8-26-15-33;1-3-5-7-9-11-13-15-17-18-16-14-12-10-8-6-4-2;1-2/h10-11,14-15H,4-9,12-13H2,1-3H3,(H,26,33)(H,28,34)(H3,25,27,29,30);3-18H2,1-2H3;1-2H3. The number of hydrogen-bond donors (Lipinski definition) is 4. The molecule has 12 heteroatoms. The van der Waals surface area contributed by atoms with Gasteiger partial charge >= 0.3 is 0 Å². The number of ether oxygens (including phenoxy) is 2. The Morgan fingerprint density at radius 1 is 0.750 bits per heavy atom. The van der Waals surface area contributed by atoms with Gasteiger partial charge in [-0.1, -0.05) is 144 Å². The van der Waals surface area contributed by atoms with E-state index in [-0.39, 0.29) is 11.9 Å². The lowest BCUT2D eigenvalue weighted by Crippen LogP contribution is -2.24. The van der Waals surface area contributed by atoms with E-state index in [1.807, 2.05) is 32.2 Å². The lowest BCUT2D eigenvalue weighted by Gasteiger charge is -2.16. The van der Waals surface area contributed by atoms with E-state index in [4.69, 9.17) is 15.2 Å². The quantitative estimate of drug-likeness (QED) is 0.0381. The van der Waals surface area contributed by atoms with Gasteiger partial charge in [-0.15, -0.1) is 0 Å². The van der Waals surface area contributed by atoms with Crippen LogP contribution < -0.4 is 31.2 Å². The van der Waals surface area contributed by atoms with Gasteiger partial charge in [0.1, 0.15) is 17.0 Å². The van der Waals surface area contributed by atoms with Crippen LogP contribution in [0.15, 0.2) is 18.3 Å². The van der Waals surface area contributed by atoms with E-state index in [1.165, 1.54) is 103 Å². The molecule has 3 aromatic rings. The molecule has 0 saturated heterocycles. The highest BCUT2D eigenvalue weighted by Crippen LogP contribution is 2.32. The van der Waals surface area contributed by atoms with Gasteiger partial charge in [-0.3, -0.25) is 14.3 Å². The maximum Gasteiger partial charge on any atom is 0.222 e. The van der Waals surface area contributed by atoms with Crippen molar-refractivity contribution in [1.82, 2.24) is 30.4 Å². The lowest BCUT2D eigenvalue weighted by atomic mass is 10.0. The summed E-state index contributed by atoms with van der Waals surface area (Å²) in [6.07, 6.45) is 28.8. The molecule has 0 unspecified atom stereocenters. The van der Waals surface area contributed by atoms with Gasteiger partial charge in [0.05, 0.1) is 32.5 Å². The summed E-state index contributed by atoms with van der Waals surface area (Å²) in [6.45, 7) is 12.6. The molecule has 3 rings (SSSR count). The molecule has 2 heterocycles. The number of nitrogens with two attached hydrogens (primary N) is 1. The first-order valence-electron chi connectivity index (χ1n) is 21.8. The fourth-order valence-corrected chi connectivity index (χ4v) is 6.34. The zero-order valence-electron chi connectivity index (χ0n) is 36.3. The van der Waals surface area contributed by atoms with Crippen molar-refractivity contribution in [3.05, 3.63) is 29.5 Å². The monoisotopic (exact) mass is 783 g/mol. The normalized spacial score (nSPS) is 10.6. The van der Waals surface area contributed by atoms with Crippen molar-refractivity contribution in [2.24, 2.45) is 0 Å². The fraction of sp³-hybridized carbons (Fsp3) is 0.705. The number of aromatic nitrogens is 4. The minimum Gasteiger partial charge on any atom is -0.496 e. The van der Waals surface area contributed by atoms with Gasteiger partial charge in [0.25, 0.3) is 0 Å². The van der Waals surface area contributed by atoms with E-state index in [0.717, 1.165) is 30.5 Å². The van der Waals surface area contributed by atoms with Crippen LogP contribution in [0.2, 0.25) is 0 Å². The van der Waals surface area contributed by atoms with Crippen LogP contribution in [-0.2, 0) is 22.7 Å². The summed E-state index contributed by atoms with van der Waals surface area (Å²) >= 11 is 0. The number of unbranched alkanes of at least 4 members (excludes halogenated alkanes) is 16. The second-order valence-electron chi connectivity index (χ2n) is 14.2. The number of amides is 2. The maximum absolute atomic E-state index is 12.1. The van der Waals surface area contributed by atoms with Crippen LogP contribution in [0.4, 0.5) is 11.8 Å². The van der Waals surface area contributed by atoms with Gasteiger partial charge in [-0.05, 0) is 30.5 Å². The average molecular weight is 783 g/mol. The van der Waals surface area contributed by atoms with Crippen LogP contribution >= 0.6 is 0 Å². The third-order valence-corrected chi connectivity index (χ3v) is 9.49. The van der Waals surface area contributed by atoms with Crippen molar-refractivity contribution in [3.8, 4) is 11.5 Å². The fourth-order valence-electron chi connectivity index (χ4n) is 6.34. The van der Waals surface area contributed by atoms with Crippen molar-refractivity contribution in [2.45, 2.75) is 176 Å². The number of nitrogens with one attached hydrogen (secondary N) is 3. The SMILES string of the molecule is CC.CCCCCCCCCCCCCCCCCC.CCCCNc1nc(N)nc2cn(Cc3c(OC)cc(CNC(=O)CCCNC=O)cc3OC)nc12. The Morgan fingerprint density at radius 3 is 1.75 bits per heavy atom. The number of nitrogens with zero attached hydrogens (tertiary/aromatic N) is 4. The summed E-state index contributed by atoms with van der Waals surface area (Å²) < 4.78 is 13.0. The van der Waals surface area contributed by atoms with E-state index in [1.54, 1.807) is 18.9 Å². The Bertz CT molecular complexity index is 1410. The topological polar surface area (TPSA) is 158 Å². The first kappa shape index (κ1) is 49.9. The molecule has 12 nitrogen and oxygen atoms in total. The van der Waals surface area contributed by atoms with Crippen molar-refractivity contribution in [2.75, 3.05) is 38.4 Å². The molecule has 0 aliphatic rings. The lowest BCUT2D eigenvalue weighted by molar-refractivity contribution is -0.121. The summed E-state index contributed by atoms with van der Waals surface area (Å²) in [7, 11) is 3.17. The number of carbonyl (C=O) groups is 2. The molecule has 1 aromatic carbocycles. The van der Waals surface area contributed by atoms with Gasteiger partial charge < -0.3 is 31.2 Å². The zero-order valence-corrected chi connectivity index (χ0v) is 36.3. The average Bonchev–Trinajstić information content (AvgIpc) is 3.62. The predicted molar refractivity (Wildman–Crippen MR) is 233 cm³/mol. The minimum absolute atomic E-state index is 0.100. The first-order chi connectivity index (χ1) is 27.4. The Labute approximate surface area is 339 Å². The van der Waals surface area contributed by atoms with E-state index >= 15 is 0 Å². The summed E-state index contributed by atoms with van der Waals surface area (Å²) in [5, 5.41) is 13.4. The molecular weight excluding hydrogens is 705 g/mol. The molecule has 318 valence electrons. The third-order valence-electron chi connectivity index (χ3n) is 9.49. The summed E-state index contributed by atoms with van der Waals surface area (Å²) in [6, 6.07) is 3.73. The molecule has 2 amide bonds. The Morgan fingerprint density at radius 2 is 1.27 bits per heavy atom. The Hall–Kier alpha value is -4.09. The Balaban J connectivity index is 0.000000662. The van der Waals surface area contributed by atoms with Crippen molar-refractivity contribution in [1.29, 1.82) is 0 Å². The summed E-state index contributed by atoms with van der Waals surface area (Å²) in [5.41, 5.74) is 8.81. The Kier molecular flexibility index (Phi) is 29.5. The van der Waals surface area contributed by atoms with E-state index < -0.39 is 0 Å². The molecule has 0 spiro atoms. The van der Waals surface area contributed by atoms with Crippen LogP contribution in [0.3, 0.4) is 0 Å². The van der Waals surface area contributed by atoms with Crippen molar-refractivity contribution < 1.29 is 19.1 Å². The van der Waals surface area contributed by atoms with Crippen LogP contribution in [0, 0.1) is 0 Å². The second kappa shape index (κ2) is 33.1. The molecule has 0 aliphatic heterocycles. The second-order valence-corrected chi connectivity index (χ2v) is 14.2. The molecule has 0 fully saturated rings. The maximum atomic E-state index is 12.1. The number of fused-ring (bicyclic) bond motifs is 1. The van der Waals surface area contributed by atoms with Crippen molar-refractivity contribution >= 4 is 35.1 Å². The van der Waals surface area contributed by atoms with Gasteiger partial charge in [-0.25, -0.2) is 4.98 Å². The molecular formula is C44H78N8O4. The highest BCUT2D eigenvalue weighted by Gasteiger charge is 2.17. The van der Waals surface area contributed by atoms with Crippen LogP contribution in [0.1, 0.15) is 174 Å². The number of hydrogen-bond acceptors (Lipinski definition) is 9. The van der Waals surface area contributed by atoms with Gasteiger partial charge in [0, 0.05) is 26.1 Å². The first-order valence-corrected chi connectivity index (χ1v) is 21.8. The van der Waals surface area contributed by atoms with Crippen LogP contribution in [0.25, 0.3) is 11.0 Å². The van der Waals surface area contributed by atoms with Crippen LogP contribution in [0.5, 0.6) is 11.5 Å². The molecule has 2 aromatic heterocycles. The largest absolute Gasteiger partial charge is 0.496 e. The predicted octanol–water partition coefficient (Wildman–Crippen LogP) is 10.1. The number of methoxy groups -OCH3 is 2. The molecule has 0 bridgehead atoms. The van der Waals surface area contributed by atoms with E-state index in [9.17, 15) is 9.59 Å². The number of rotatable bonds is 30. The highest BCUT2D eigenvalue weighted by molar-refractivity contribution is 5.85. The minimum atomic E-state index is -0.100. The van der Waals surface area contributed by atoms with Gasteiger partial charge in [0.2, 0.25) is 18.3 Å². The van der Waals surface area contributed by atoms with E-state index in [2.05, 4.69) is 51.8 Å². The zero-order chi connectivity index (χ0) is 41.2. The van der Waals surface area contributed by atoms with E-state index in [0.29, 0.717) is 67.2 Å². The van der Waals surface area contributed by atoms with Crippen molar-refractivity contribution in [3.63, 3.8) is 0 Å². The number of anilines is 2. The molecule has 0 atom stereocenters. The van der Waals surface area contributed by atoms with Gasteiger partial charge in [0.15, 0.2) is 11.3 Å².